The highest BCUT2D eigenvalue weighted by atomic mass is 32.2. The van der Waals surface area contributed by atoms with Gasteiger partial charge in [0.2, 0.25) is 0 Å². The van der Waals surface area contributed by atoms with Crippen LogP contribution < -0.4 is 4.74 Å². The number of fused-ring (bicyclic) bond motifs is 2. The van der Waals surface area contributed by atoms with E-state index in [0.717, 1.165) is 38.8 Å². The first kappa shape index (κ1) is 22.2. The third-order valence-electron chi connectivity index (χ3n) is 6.09. The standard InChI is InChI=1S/C28H23N5O2S/c1-2-35-19-13-11-18(12-14-19)33-27(23-16-30-25-10-6-4-8-21(23)25)31-32-28(33)36-17-26(34)22-15-29-24-9-5-3-7-20(22)24/h3-16,29-30H,2,17H2,1H3. The van der Waals surface area contributed by atoms with Gasteiger partial charge in [0, 0.05) is 51.0 Å². The Morgan fingerprint density at radius 3 is 2.36 bits per heavy atom. The number of nitrogens with zero attached hydrogens (tertiary/aromatic N) is 3. The monoisotopic (exact) mass is 493 g/mol. The van der Waals surface area contributed by atoms with E-state index in [-0.39, 0.29) is 11.5 Å². The zero-order valence-corrected chi connectivity index (χ0v) is 20.4. The molecule has 2 N–H and O–H groups in total. The third-order valence-corrected chi connectivity index (χ3v) is 7.02. The number of para-hydroxylation sites is 2. The molecule has 7 nitrogen and oxygen atoms in total. The highest BCUT2D eigenvalue weighted by molar-refractivity contribution is 7.99. The zero-order valence-electron chi connectivity index (χ0n) is 19.6. The fourth-order valence-electron chi connectivity index (χ4n) is 4.40. The number of nitrogens with one attached hydrogen (secondary N) is 2. The summed E-state index contributed by atoms with van der Waals surface area (Å²) < 4.78 is 7.62. The van der Waals surface area contributed by atoms with Gasteiger partial charge in [0.25, 0.3) is 0 Å². The number of rotatable bonds is 8. The number of ketones is 1. The zero-order chi connectivity index (χ0) is 24.5. The van der Waals surface area contributed by atoms with Crippen molar-refractivity contribution in [1.29, 1.82) is 0 Å². The van der Waals surface area contributed by atoms with Gasteiger partial charge in [-0.05, 0) is 43.3 Å². The van der Waals surface area contributed by atoms with Crippen molar-refractivity contribution in [3.63, 3.8) is 0 Å². The molecule has 0 spiro atoms. The van der Waals surface area contributed by atoms with Crippen molar-refractivity contribution in [2.24, 2.45) is 0 Å². The largest absolute Gasteiger partial charge is 0.494 e. The second-order valence-corrected chi connectivity index (χ2v) is 9.22. The minimum absolute atomic E-state index is 0.0346. The maximum atomic E-state index is 13.1. The highest BCUT2D eigenvalue weighted by Gasteiger charge is 2.21. The van der Waals surface area contributed by atoms with E-state index in [2.05, 4.69) is 26.2 Å². The van der Waals surface area contributed by atoms with Crippen LogP contribution >= 0.6 is 11.8 Å². The van der Waals surface area contributed by atoms with Crippen LogP contribution in [-0.4, -0.2) is 42.9 Å². The third kappa shape index (κ3) is 3.95. The summed E-state index contributed by atoms with van der Waals surface area (Å²) in [5, 5.41) is 11.7. The van der Waals surface area contributed by atoms with E-state index in [1.165, 1.54) is 11.8 Å². The number of carbonyl (C=O) groups excluding carboxylic acids is 1. The molecule has 0 unspecified atom stereocenters. The number of benzene rings is 3. The molecule has 0 fully saturated rings. The summed E-state index contributed by atoms with van der Waals surface area (Å²) in [4.78, 5) is 19.6. The van der Waals surface area contributed by atoms with E-state index in [9.17, 15) is 4.79 Å². The lowest BCUT2D eigenvalue weighted by Gasteiger charge is -2.11. The van der Waals surface area contributed by atoms with E-state index in [4.69, 9.17) is 4.74 Å². The lowest BCUT2D eigenvalue weighted by atomic mass is 10.1. The number of ether oxygens (including phenoxy) is 1. The number of H-pyrrole nitrogens is 2. The number of aromatic nitrogens is 5. The summed E-state index contributed by atoms with van der Waals surface area (Å²) in [6, 6.07) is 23.8. The summed E-state index contributed by atoms with van der Waals surface area (Å²) >= 11 is 1.38. The molecule has 0 saturated carbocycles. The predicted octanol–water partition coefficient (Wildman–Crippen LogP) is 6.27. The molecule has 8 heteroatoms. The summed E-state index contributed by atoms with van der Waals surface area (Å²) in [6.07, 6.45) is 3.73. The van der Waals surface area contributed by atoms with Crippen molar-refractivity contribution in [2.75, 3.05) is 12.4 Å². The molecule has 0 aliphatic heterocycles. The molecule has 3 aromatic carbocycles. The first-order chi connectivity index (χ1) is 17.7. The Morgan fingerprint density at radius 2 is 1.58 bits per heavy atom. The first-order valence-corrected chi connectivity index (χ1v) is 12.7. The topological polar surface area (TPSA) is 88.6 Å². The number of Topliss-reactive ketones (excluding diaryl/α,β-unsaturated/α-hetero) is 1. The number of hydrogen-bond donors (Lipinski definition) is 2. The molecule has 0 amide bonds. The van der Waals surface area contributed by atoms with Crippen LogP contribution in [0.5, 0.6) is 5.75 Å². The van der Waals surface area contributed by atoms with Gasteiger partial charge in [-0.25, -0.2) is 0 Å². The van der Waals surface area contributed by atoms with E-state index in [1.54, 1.807) is 6.20 Å². The van der Waals surface area contributed by atoms with Gasteiger partial charge >= 0.3 is 0 Å². The van der Waals surface area contributed by atoms with Crippen molar-refractivity contribution in [2.45, 2.75) is 12.1 Å². The molecule has 178 valence electrons. The molecule has 3 heterocycles. The Hall–Kier alpha value is -4.30. The predicted molar refractivity (Wildman–Crippen MR) is 143 cm³/mol. The molecule has 6 aromatic rings. The molecule has 6 rings (SSSR count). The molecule has 0 aliphatic carbocycles. The van der Waals surface area contributed by atoms with E-state index in [1.807, 2.05) is 84.4 Å². The van der Waals surface area contributed by atoms with Crippen molar-refractivity contribution in [3.05, 3.63) is 90.8 Å². The summed E-state index contributed by atoms with van der Waals surface area (Å²) in [7, 11) is 0. The van der Waals surface area contributed by atoms with Gasteiger partial charge < -0.3 is 14.7 Å². The second-order valence-electron chi connectivity index (χ2n) is 8.28. The van der Waals surface area contributed by atoms with Crippen LogP contribution in [0.25, 0.3) is 38.9 Å². The average molecular weight is 494 g/mol. The van der Waals surface area contributed by atoms with Gasteiger partial charge in [0.15, 0.2) is 16.8 Å². The first-order valence-electron chi connectivity index (χ1n) is 11.7. The number of hydrogen-bond acceptors (Lipinski definition) is 5. The molecule has 0 radical (unpaired) electrons. The lowest BCUT2D eigenvalue weighted by molar-refractivity contribution is 0.102. The fourth-order valence-corrected chi connectivity index (χ4v) is 5.23. The van der Waals surface area contributed by atoms with Crippen LogP contribution in [0, 0.1) is 0 Å². The SMILES string of the molecule is CCOc1ccc(-n2c(SCC(=O)c3c[nH]c4ccccc34)nnc2-c2c[nH]c3ccccc23)cc1. The number of carbonyl (C=O) groups is 1. The minimum Gasteiger partial charge on any atom is -0.494 e. The van der Waals surface area contributed by atoms with E-state index in [0.29, 0.717) is 23.2 Å². The van der Waals surface area contributed by atoms with Gasteiger partial charge in [-0.2, -0.15) is 0 Å². The molecule has 0 saturated heterocycles. The molecule has 0 bridgehead atoms. The molecular formula is C28H23N5O2S. The Morgan fingerprint density at radius 1 is 0.889 bits per heavy atom. The normalized spacial score (nSPS) is 11.4. The quantitative estimate of drug-likeness (QED) is 0.193. The maximum absolute atomic E-state index is 13.1. The van der Waals surface area contributed by atoms with Crippen molar-refractivity contribution in [3.8, 4) is 22.8 Å². The van der Waals surface area contributed by atoms with Crippen LogP contribution in [-0.2, 0) is 0 Å². The van der Waals surface area contributed by atoms with E-state index >= 15 is 0 Å². The minimum atomic E-state index is 0.0346. The van der Waals surface area contributed by atoms with Crippen molar-refractivity contribution < 1.29 is 9.53 Å². The van der Waals surface area contributed by atoms with Crippen LogP contribution in [0.1, 0.15) is 17.3 Å². The van der Waals surface area contributed by atoms with Gasteiger partial charge in [0.1, 0.15) is 5.75 Å². The molecule has 0 atom stereocenters. The summed E-state index contributed by atoms with van der Waals surface area (Å²) in [5.74, 6) is 1.78. The average Bonchev–Trinajstić information content (AvgIpc) is 3.64. The Kier molecular flexibility index (Phi) is 5.79. The van der Waals surface area contributed by atoms with Crippen LogP contribution in [0.3, 0.4) is 0 Å². The van der Waals surface area contributed by atoms with Crippen LogP contribution in [0.15, 0.2) is 90.3 Å². The Balaban J connectivity index is 1.38. The molecule has 36 heavy (non-hydrogen) atoms. The Labute approximate surface area is 211 Å². The van der Waals surface area contributed by atoms with Gasteiger partial charge in [-0.3, -0.25) is 9.36 Å². The van der Waals surface area contributed by atoms with Gasteiger partial charge in [-0.1, -0.05) is 48.2 Å². The lowest BCUT2D eigenvalue weighted by Crippen LogP contribution is -2.04. The molecule has 0 aliphatic rings. The molecule has 3 aromatic heterocycles. The highest BCUT2D eigenvalue weighted by Crippen LogP contribution is 2.33. The smallest absolute Gasteiger partial charge is 0.196 e. The summed E-state index contributed by atoms with van der Waals surface area (Å²) in [6.45, 7) is 2.56. The number of thioether (sulfide) groups is 1. The van der Waals surface area contributed by atoms with Gasteiger partial charge in [-0.15, -0.1) is 10.2 Å². The van der Waals surface area contributed by atoms with Gasteiger partial charge in [0.05, 0.1) is 12.4 Å². The molecular weight excluding hydrogens is 470 g/mol. The number of aromatic amines is 2. The second kappa shape index (κ2) is 9.39. The van der Waals surface area contributed by atoms with Crippen molar-refractivity contribution in [1.82, 2.24) is 24.7 Å². The van der Waals surface area contributed by atoms with Crippen molar-refractivity contribution >= 4 is 39.4 Å². The van der Waals surface area contributed by atoms with E-state index < -0.39 is 0 Å². The summed E-state index contributed by atoms with van der Waals surface area (Å²) in [5.41, 5.74) is 4.50. The Bertz CT molecular complexity index is 1680. The maximum Gasteiger partial charge on any atom is 0.196 e. The van der Waals surface area contributed by atoms with Crippen LogP contribution in [0.4, 0.5) is 0 Å². The fraction of sp³-hybridized carbons (Fsp3) is 0.107. The van der Waals surface area contributed by atoms with Crippen LogP contribution in [0.2, 0.25) is 0 Å².